The maximum Gasteiger partial charge on any atom is 0.233 e. The Bertz CT molecular complexity index is 1110. The average Bonchev–Trinajstić information content (AvgIpc) is 3.39. The Kier molecular flexibility index (Phi) is 5.44. The topological polar surface area (TPSA) is 59.2 Å². The van der Waals surface area contributed by atoms with E-state index in [2.05, 4.69) is 9.97 Å². The SMILES string of the molecule is O=C(Cc1csc(-c2ccccn2)n1)N(Cc1ccco1)c1ccc(F)cc1F. The summed E-state index contributed by atoms with van der Waals surface area (Å²) < 4.78 is 33.0. The van der Waals surface area contributed by atoms with Crippen molar-refractivity contribution in [3.8, 4) is 10.7 Å². The van der Waals surface area contributed by atoms with E-state index in [1.165, 1.54) is 28.6 Å². The molecule has 0 aliphatic heterocycles. The summed E-state index contributed by atoms with van der Waals surface area (Å²) in [6.45, 7) is 0.0195. The van der Waals surface area contributed by atoms with Crippen LogP contribution in [0.25, 0.3) is 10.7 Å². The summed E-state index contributed by atoms with van der Waals surface area (Å²) in [5, 5.41) is 2.47. The molecule has 4 rings (SSSR count). The molecule has 146 valence electrons. The van der Waals surface area contributed by atoms with E-state index in [0.29, 0.717) is 22.2 Å². The second kappa shape index (κ2) is 8.32. The molecular weight excluding hydrogens is 396 g/mol. The summed E-state index contributed by atoms with van der Waals surface area (Å²) in [6, 6.07) is 12.0. The van der Waals surface area contributed by atoms with Crippen LogP contribution in [0.3, 0.4) is 0 Å². The Morgan fingerprint density at radius 2 is 2.03 bits per heavy atom. The highest BCUT2D eigenvalue weighted by atomic mass is 32.1. The fourth-order valence-corrected chi connectivity index (χ4v) is 3.61. The van der Waals surface area contributed by atoms with Crippen molar-refractivity contribution in [1.29, 1.82) is 0 Å². The molecule has 0 spiro atoms. The zero-order chi connectivity index (χ0) is 20.2. The van der Waals surface area contributed by atoms with Gasteiger partial charge in [-0.05, 0) is 36.4 Å². The number of benzene rings is 1. The standard InChI is InChI=1S/C21H15F2N3O2S/c22-14-6-7-19(17(23)10-14)26(12-16-4-3-9-28-16)20(27)11-15-13-29-21(25-15)18-5-1-2-8-24-18/h1-10,13H,11-12H2. The average molecular weight is 411 g/mol. The molecule has 3 heterocycles. The summed E-state index contributed by atoms with van der Waals surface area (Å²) in [6.07, 6.45) is 3.10. The first kappa shape index (κ1) is 18.9. The molecule has 0 aliphatic rings. The van der Waals surface area contributed by atoms with Crippen LogP contribution in [-0.2, 0) is 17.8 Å². The minimum absolute atomic E-state index is 0.0195. The fraction of sp³-hybridized carbons (Fsp3) is 0.0952. The smallest absolute Gasteiger partial charge is 0.233 e. The second-order valence-corrected chi connectivity index (χ2v) is 7.05. The van der Waals surface area contributed by atoms with Gasteiger partial charge >= 0.3 is 0 Å². The third-order valence-electron chi connectivity index (χ3n) is 4.16. The summed E-state index contributed by atoms with van der Waals surface area (Å²) in [4.78, 5) is 22.9. The molecule has 1 amide bonds. The largest absolute Gasteiger partial charge is 0.467 e. The first-order valence-electron chi connectivity index (χ1n) is 8.74. The van der Waals surface area contributed by atoms with Gasteiger partial charge in [-0.2, -0.15) is 0 Å². The van der Waals surface area contributed by atoms with Crippen LogP contribution in [0.4, 0.5) is 14.5 Å². The number of nitrogens with zero attached hydrogens (tertiary/aromatic N) is 3. The first-order valence-corrected chi connectivity index (χ1v) is 9.62. The minimum Gasteiger partial charge on any atom is -0.467 e. The number of halogens is 2. The molecule has 0 saturated carbocycles. The number of thiazole rings is 1. The van der Waals surface area contributed by atoms with Crippen LogP contribution >= 0.6 is 11.3 Å². The van der Waals surface area contributed by atoms with E-state index < -0.39 is 11.6 Å². The van der Waals surface area contributed by atoms with Crippen molar-refractivity contribution in [2.45, 2.75) is 13.0 Å². The van der Waals surface area contributed by atoms with Gasteiger partial charge in [0.15, 0.2) is 0 Å². The number of carbonyl (C=O) groups is 1. The number of hydrogen-bond donors (Lipinski definition) is 0. The highest BCUT2D eigenvalue weighted by molar-refractivity contribution is 7.13. The molecular formula is C21H15F2N3O2S. The van der Waals surface area contributed by atoms with Gasteiger partial charge < -0.3 is 9.32 Å². The monoisotopic (exact) mass is 411 g/mol. The Hall–Kier alpha value is -3.39. The predicted molar refractivity (Wildman–Crippen MR) is 105 cm³/mol. The predicted octanol–water partition coefficient (Wildman–Crippen LogP) is 4.85. The fourth-order valence-electron chi connectivity index (χ4n) is 2.81. The molecule has 0 unspecified atom stereocenters. The van der Waals surface area contributed by atoms with Crippen molar-refractivity contribution < 1.29 is 18.0 Å². The number of anilines is 1. The van der Waals surface area contributed by atoms with Crippen molar-refractivity contribution >= 4 is 22.9 Å². The number of rotatable bonds is 6. The van der Waals surface area contributed by atoms with Crippen LogP contribution in [0.15, 0.2) is 70.8 Å². The Labute approximate surface area is 169 Å². The minimum atomic E-state index is -0.822. The molecule has 3 aromatic heterocycles. The molecule has 0 fully saturated rings. The second-order valence-electron chi connectivity index (χ2n) is 6.19. The van der Waals surface area contributed by atoms with Gasteiger partial charge in [0.05, 0.1) is 36.3 Å². The molecule has 4 aromatic rings. The van der Waals surface area contributed by atoms with Gasteiger partial charge in [0, 0.05) is 17.6 Å². The lowest BCUT2D eigenvalue weighted by molar-refractivity contribution is -0.118. The molecule has 0 aliphatic carbocycles. The molecule has 0 radical (unpaired) electrons. The molecule has 1 aromatic carbocycles. The summed E-state index contributed by atoms with van der Waals surface area (Å²) in [7, 11) is 0. The molecule has 29 heavy (non-hydrogen) atoms. The molecule has 0 N–H and O–H groups in total. The molecule has 0 atom stereocenters. The Morgan fingerprint density at radius 1 is 1.14 bits per heavy atom. The van der Waals surface area contributed by atoms with Crippen LogP contribution in [0.5, 0.6) is 0 Å². The lowest BCUT2D eigenvalue weighted by Crippen LogP contribution is -2.32. The number of hydrogen-bond acceptors (Lipinski definition) is 5. The number of pyridine rings is 1. The quantitative estimate of drug-likeness (QED) is 0.455. The van der Waals surface area contributed by atoms with Crippen molar-refractivity contribution in [3.63, 3.8) is 0 Å². The van der Waals surface area contributed by atoms with Crippen molar-refractivity contribution in [1.82, 2.24) is 9.97 Å². The summed E-state index contributed by atoms with van der Waals surface area (Å²) >= 11 is 1.38. The molecule has 8 heteroatoms. The zero-order valence-electron chi connectivity index (χ0n) is 15.1. The Morgan fingerprint density at radius 3 is 2.76 bits per heavy atom. The maximum absolute atomic E-state index is 14.4. The number of aromatic nitrogens is 2. The summed E-state index contributed by atoms with van der Waals surface area (Å²) in [5.41, 5.74) is 1.24. The van der Waals surface area contributed by atoms with E-state index in [1.54, 1.807) is 23.7 Å². The number of furan rings is 1. The Balaban J connectivity index is 1.59. The lowest BCUT2D eigenvalue weighted by atomic mass is 10.2. The van der Waals surface area contributed by atoms with E-state index in [-0.39, 0.29) is 24.6 Å². The van der Waals surface area contributed by atoms with E-state index >= 15 is 0 Å². The van der Waals surface area contributed by atoms with Crippen LogP contribution in [0.1, 0.15) is 11.5 Å². The summed E-state index contributed by atoms with van der Waals surface area (Å²) in [5.74, 6) is -1.44. The van der Waals surface area contributed by atoms with Gasteiger partial charge in [-0.15, -0.1) is 11.3 Å². The van der Waals surface area contributed by atoms with Crippen LogP contribution in [0, 0.1) is 11.6 Å². The van der Waals surface area contributed by atoms with E-state index in [9.17, 15) is 13.6 Å². The molecule has 0 saturated heterocycles. The van der Waals surface area contributed by atoms with Crippen molar-refractivity contribution in [2.24, 2.45) is 0 Å². The van der Waals surface area contributed by atoms with Gasteiger partial charge in [0.2, 0.25) is 5.91 Å². The number of amides is 1. The zero-order valence-corrected chi connectivity index (χ0v) is 15.9. The van der Waals surface area contributed by atoms with Crippen LogP contribution in [-0.4, -0.2) is 15.9 Å². The number of carbonyl (C=O) groups excluding carboxylic acids is 1. The van der Waals surface area contributed by atoms with Gasteiger partial charge in [0.1, 0.15) is 22.4 Å². The maximum atomic E-state index is 14.4. The van der Waals surface area contributed by atoms with Crippen LogP contribution in [0.2, 0.25) is 0 Å². The molecule has 5 nitrogen and oxygen atoms in total. The third-order valence-corrected chi connectivity index (χ3v) is 5.08. The van der Waals surface area contributed by atoms with E-state index in [4.69, 9.17) is 4.42 Å². The first-order chi connectivity index (χ1) is 14.1. The van der Waals surface area contributed by atoms with Crippen LogP contribution < -0.4 is 4.90 Å². The third kappa shape index (κ3) is 4.38. The highest BCUT2D eigenvalue weighted by Crippen LogP contribution is 2.25. The van der Waals surface area contributed by atoms with Gasteiger partial charge in [-0.25, -0.2) is 13.8 Å². The van der Waals surface area contributed by atoms with Gasteiger partial charge in [-0.1, -0.05) is 6.07 Å². The highest BCUT2D eigenvalue weighted by Gasteiger charge is 2.22. The van der Waals surface area contributed by atoms with Crippen molar-refractivity contribution in [3.05, 3.63) is 89.5 Å². The van der Waals surface area contributed by atoms with Gasteiger partial charge in [0.25, 0.3) is 0 Å². The lowest BCUT2D eigenvalue weighted by Gasteiger charge is -2.22. The normalized spacial score (nSPS) is 10.8. The van der Waals surface area contributed by atoms with E-state index in [0.717, 1.165) is 12.1 Å². The molecule has 0 bridgehead atoms. The van der Waals surface area contributed by atoms with Crippen molar-refractivity contribution in [2.75, 3.05) is 4.90 Å². The van der Waals surface area contributed by atoms with Gasteiger partial charge in [-0.3, -0.25) is 9.78 Å². The van der Waals surface area contributed by atoms with E-state index in [1.807, 2.05) is 18.2 Å².